The highest BCUT2D eigenvalue weighted by molar-refractivity contribution is 5.96. The lowest BCUT2D eigenvalue weighted by atomic mass is 10.0. The van der Waals surface area contributed by atoms with Crippen molar-refractivity contribution in [2.45, 2.75) is 26.2 Å². The van der Waals surface area contributed by atoms with Gasteiger partial charge in [-0.25, -0.2) is 4.39 Å². The highest BCUT2D eigenvalue weighted by Crippen LogP contribution is 2.13. The van der Waals surface area contributed by atoms with Crippen molar-refractivity contribution in [3.05, 3.63) is 71.6 Å². The predicted octanol–water partition coefficient (Wildman–Crippen LogP) is 3.97. The Kier molecular flexibility index (Phi) is 7.61. The lowest BCUT2D eigenvalue weighted by molar-refractivity contribution is -0.117. The Morgan fingerprint density at radius 2 is 2.12 bits per heavy atom. The molecule has 1 aliphatic rings. The summed E-state index contributed by atoms with van der Waals surface area (Å²) in [5.41, 5.74) is 2.63. The van der Waals surface area contributed by atoms with Gasteiger partial charge >= 0.3 is 0 Å². The van der Waals surface area contributed by atoms with E-state index in [0.29, 0.717) is 18.0 Å². The van der Waals surface area contributed by atoms with Crippen molar-refractivity contribution >= 4 is 5.91 Å². The highest BCUT2D eigenvalue weighted by atomic mass is 19.1. The molecule has 1 N–H and O–H groups in total. The van der Waals surface area contributed by atoms with Crippen molar-refractivity contribution in [3.63, 3.8) is 0 Å². The van der Waals surface area contributed by atoms with Gasteiger partial charge in [-0.15, -0.1) is 0 Å². The Morgan fingerprint density at radius 1 is 1.36 bits per heavy atom. The van der Waals surface area contributed by atoms with E-state index < -0.39 is 0 Å². The Morgan fingerprint density at radius 3 is 2.76 bits per heavy atom. The average Bonchev–Trinajstić information content (AvgIpc) is 3.13. The third-order valence-corrected chi connectivity index (χ3v) is 4.30. The number of hydrogen-bond acceptors (Lipinski definition) is 2. The fraction of sp³-hybridized carbons (Fsp3) is 0.381. The maximum Gasteiger partial charge on any atom is 0.250 e. The molecule has 0 radical (unpaired) electrons. The number of nitrogens with one attached hydrogen (secondary N) is 1. The summed E-state index contributed by atoms with van der Waals surface area (Å²) in [5.74, 6) is 0.115. The molecule has 134 valence electrons. The number of ether oxygens (including phenoxy) is 1. The summed E-state index contributed by atoms with van der Waals surface area (Å²) < 4.78 is 18.2. The predicted molar refractivity (Wildman–Crippen MR) is 98.7 cm³/mol. The first-order valence-electron chi connectivity index (χ1n) is 8.71. The van der Waals surface area contributed by atoms with E-state index in [0.717, 1.165) is 43.6 Å². The van der Waals surface area contributed by atoms with Crippen LogP contribution in [0.15, 0.2) is 60.2 Å². The van der Waals surface area contributed by atoms with Gasteiger partial charge in [0, 0.05) is 24.6 Å². The molecule has 1 amide bonds. The quantitative estimate of drug-likeness (QED) is 0.573. The molecule has 25 heavy (non-hydrogen) atoms. The minimum absolute atomic E-state index is 0.0722. The largest absolute Gasteiger partial charge is 0.381 e. The van der Waals surface area contributed by atoms with Crippen LogP contribution in [0.5, 0.6) is 0 Å². The first kappa shape index (κ1) is 19.1. The van der Waals surface area contributed by atoms with Crippen LogP contribution in [0.1, 0.15) is 25.3 Å². The summed E-state index contributed by atoms with van der Waals surface area (Å²) in [7, 11) is 0. The van der Waals surface area contributed by atoms with Gasteiger partial charge in [0.25, 0.3) is 5.91 Å². The van der Waals surface area contributed by atoms with Crippen molar-refractivity contribution in [1.82, 2.24) is 5.32 Å². The van der Waals surface area contributed by atoms with Gasteiger partial charge in [0.05, 0.1) is 6.61 Å². The van der Waals surface area contributed by atoms with Gasteiger partial charge in [0.15, 0.2) is 0 Å². The molecule has 2 rings (SSSR count). The van der Waals surface area contributed by atoms with E-state index in [9.17, 15) is 9.18 Å². The van der Waals surface area contributed by atoms with Crippen LogP contribution in [0.2, 0.25) is 0 Å². The van der Waals surface area contributed by atoms with Crippen LogP contribution >= 0.6 is 0 Å². The number of amides is 1. The summed E-state index contributed by atoms with van der Waals surface area (Å²) in [6.07, 6.45) is 8.03. The van der Waals surface area contributed by atoms with Gasteiger partial charge in [0.1, 0.15) is 5.82 Å². The Hall–Kier alpha value is -2.20. The van der Waals surface area contributed by atoms with Crippen LogP contribution < -0.4 is 5.32 Å². The molecular formula is C21H26FNO2. The van der Waals surface area contributed by atoms with E-state index in [4.69, 9.17) is 4.74 Å². The minimum Gasteiger partial charge on any atom is -0.381 e. The molecule has 0 spiro atoms. The normalized spacial score (nSPS) is 17.8. The highest BCUT2D eigenvalue weighted by Gasteiger charge is 2.16. The van der Waals surface area contributed by atoms with Gasteiger partial charge < -0.3 is 10.1 Å². The van der Waals surface area contributed by atoms with Crippen LogP contribution in [-0.4, -0.2) is 25.7 Å². The third-order valence-electron chi connectivity index (χ3n) is 4.30. The van der Waals surface area contributed by atoms with Gasteiger partial charge in [0.2, 0.25) is 0 Å². The van der Waals surface area contributed by atoms with Gasteiger partial charge in [-0.3, -0.25) is 4.79 Å². The summed E-state index contributed by atoms with van der Waals surface area (Å²) in [6, 6.07) is 6.49. The summed E-state index contributed by atoms with van der Waals surface area (Å²) in [4.78, 5) is 12.2. The fourth-order valence-corrected chi connectivity index (χ4v) is 2.63. The number of halogens is 1. The molecular weight excluding hydrogens is 317 g/mol. The van der Waals surface area contributed by atoms with E-state index in [1.807, 2.05) is 13.0 Å². The molecule has 1 heterocycles. The zero-order chi connectivity index (χ0) is 18.1. The Labute approximate surface area is 149 Å². The average molecular weight is 343 g/mol. The van der Waals surface area contributed by atoms with Crippen molar-refractivity contribution in [2.24, 2.45) is 5.92 Å². The van der Waals surface area contributed by atoms with Crippen LogP contribution in [0.25, 0.3) is 0 Å². The minimum atomic E-state index is -0.227. The molecule has 0 aromatic heterocycles. The summed E-state index contributed by atoms with van der Waals surface area (Å²) in [6.45, 7) is 8.03. The standard InChI is InChI=1S/C21H26FNO2/c1-3-19(21(24)23-14-18-12-13-25-15-18)9-5-16(2)4-6-17-7-10-20(22)11-8-17/h3,5,7-11,18H,2,4,6,12-15H2,1H3,(H,23,24)/b9-5-,19-3+. The number of carbonyl (C=O) groups excluding carboxylic acids is 1. The molecule has 0 bridgehead atoms. The lowest BCUT2D eigenvalue weighted by Gasteiger charge is -2.10. The van der Waals surface area contributed by atoms with Crippen LogP contribution in [0, 0.1) is 11.7 Å². The summed E-state index contributed by atoms with van der Waals surface area (Å²) in [5, 5.41) is 2.96. The summed E-state index contributed by atoms with van der Waals surface area (Å²) >= 11 is 0. The number of aryl methyl sites for hydroxylation is 1. The first-order valence-corrected chi connectivity index (χ1v) is 8.71. The molecule has 1 unspecified atom stereocenters. The molecule has 1 aliphatic heterocycles. The van der Waals surface area contributed by atoms with E-state index in [2.05, 4.69) is 11.9 Å². The van der Waals surface area contributed by atoms with Crippen molar-refractivity contribution in [1.29, 1.82) is 0 Å². The van der Waals surface area contributed by atoms with Gasteiger partial charge in [-0.1, -0.05) is 36.4 Å². The maximum absolute atomic E-state index is 12.9. The monoisotopic (exact) mass is 343 g/mol. The third kappa shape index (κ3) is 6.67. The topological polar surface area (TPSA) is 38.3 Å². The molecule has 4 heteroatoms. The zero-order valence-electron chi connectivity index (χ0n) is 14.8. The number of rotatable bonds is 8. The molecule has 1 saturated heterocycles. The van der Waals surface area contributed by atoms with E-state index >= 15 is 0 Å². The molecule has 1 atom stereocenters. The maximum atomic E-state index is 12.9. The van der Waals surface area contributed by atoms with Crippen LogP contribution in [0.4, 0.5) is 4.39 Å². The second-order valence-electron chi connectivity index (χ2n) is 6.30. The zero-order valence-corrected chi connectivity index (χ0v) is 14.8. The van der Waals surface area contributed by atoms with E-state index in [-0.39, 0.29) is 11.7 Å². The SMILES string of the molecule is C=C(/C=C\C(=C/C)C(=O)NCC1CCOC1)CCc1ccc(F)cc1. The van der Waals surface area contributed by atoms with E-state index in [1.165, 1.54) is 12.1 Å². The van der Waals surface area contributed by atoms with Crippen molar-refractivity contribution in [3.8, 4) is 0 Å². The number of carbonyl (C=O) groups is 1. The van der Waals surface area contributed by atoms with Crippen molar-refractivity contribution < 1.29 is 13.9 Å². The molecule has 1 fully saturated rings. The number of hydrogen-bond donors (Lipinski definition) is 1. The molecule has 0 saturated carbocycles. The molecule has 3 nitrogen and oxygen atoms in total. The number of allylic oxidation sites excluding steroid dienone is 3. The second kappa shape index (κ2) is 9.94. The van der Waals surface area contributed by atoms with Gasteiger partial charge in [-0.05, 0) is 50.0 Å². The molecule has 1 aromatic rings. The second-order valence-corrected chi connectivity index (χ2v) is 6.30. The Bertz CT molecular complexity index is 640. The first-order chi connectivity index (χ1) is 12.1. The fourth-order valence-electron chi connectivity index (χ4n) is 2.63. The van der Waals surface area contributed by atoms with Crippen molar-refractivity contribution in [2.75, 3.05) is 19.8 Å². The van der Waals surface area contributed by atoms with Crippen LogP contribution in [0.3, 0.4) is 0 Å². The van der Waals surface area contributed by atoms with Crippen LogP contribution in [-0.2, 0) is 16.0 Å². The number of benzene rings is 1. The Balaban J connectivity index is 1.77. The smallest absolute Gasteiger partial charge is 0.250 e. The van der Waals surface area contributed by atoms with E-state index in [1.54, 1.807) is 24.3 Å². The van der Waals surface area contributed by atoms with Gasteiger partial charge in [-0.2, -0.15) is 0 Å². The molecule has 1 aromatic carbocycles. The molecule has 0 aliphatic carbocycles. The lowest BCUT2D eigenvalue weighted by Crippen LogP contribution is -2.30.